The molecular weight excluding hydrogens is 166 g/mol. The van der Waals surface area contributed by atoms with Crippen LogP contribution in [0.15, 0.2) is 0 Å². The lowest BCUT2D eigenvalue weighted by Crippen LogP contribution is -2.48. The average molecular weight is 179 g/mol. The number of rotatable bonds is 3. The Kier molecular flexibility index (Phi) is 3.36. The van der Waals surface area contributed by atoms with Crippen molar-refractivity contribution >= 4 is 22.6 Å². The predicted molar refractivity (Wildman–Crippen MR) is 48.2 cm³/mol. The van der Waals surface area contributed by atoms with Crippen molar-refractivity contribution in [2.24, 2.45) is 0 Å². The van der Waals surface area contributed by atoms with Gasteiger partial charge in [0.05, 0.1) is 12.2 Å². The van der Waals surface area contributed by atoms with Gasteiger partial charge in [-0.2, -0.15) is 0 Å². The van der Waals surface area contributed by atoms with Gasteiger partial charge in [0.25, 0.3) is 0 Å². The molecule has 0 saturated carbocycles. The molecule has 1 aliphatic heterocycles. The fraction of sp³-hybridized carbons (Fsp3) is 1.00. The van der Waals surface area contributed by atoms with Gasteiger partial charge in [0.1, 0.15) is 0 Å². The minimum atomic E-state index is 0.358. The molecule has 1 aliphatic rings. The Morgan fingerprint density at radius 3 is 2.60 bits per heavy atom. The van der Waals surface area contributed by atoms with Crippen LogP contribution >= 0.6 is 22.6 Å². The third-order valence-electron chi connectivity index (χ3n) is 1.39. The maximum atomic E-state index is 5.53. The molecule has 0 bridgehead atoms. The Morgan fingerprint density at radius 1 is 1.60 bits per heavy atom. The van der Waals surface area contributed by atoms with E-state index < -0.39 is 0 Å². The van der Waals surface area contributed by atoms with Crippen molar-refractivity contribution in [1.29, 1.82) is 0 Å². The second-order valence-corrected chi connectivity index (χ2v) is 3.91. The molecule has 1 rings (SSSR count). The van der Waals surface area contributed by atoms with Crippen LogP contribution in [0.3, 0.4) is 0 Å². The van der Waals surface area contributed by atoms with Gasteiger partial charge >= 0.3 is 0 Å². The van der Waals surface area contributed by atoms with Crippen LogP contribution in [0.5, 0.6) is 0 Å². The zero-order valence-electron chi connectivity index (χ0n) is 6.28. The fourth-order valence-corrected chi connectivity index (χ4v) is 1.80. The summed E-state index contributed by atoms with van der Waals surface area (Å²) < 4.78 is 7.69. The lowest BCUT2D eigenvalue weighted by Gasteiger charge is -2.37. The predicted octanol–water partition coefficient (Wildman–Crippen LogP) is 1.59. The molecule has 0 aromatic rings. The van der Waals surface area contributed by atoms with Crippen molar-refractivity contribution in [3.8, 4) is 0 Å². The van der Waals surface area contributed by atoms with Crippen LogP contribution in [-0.2, 0) is 4.74 Å². The monoisotopic (exact) mass is 179 g/mol. The van der Waals surface area contributed by atoms with Crippen LogP contribution in [-0.4, -0.2) is 29.6 Å². The Morgan fingerprint density at radius 2 is 2.20 bits per heavy atom. The van der Waals surface area contributed by atoms with Crippen molar-refractivity contribution in [1.82, 2.24) is 4.31 Å². The van der Waals surface area contributed by atoms with Crippen molar-refractivity contribution in [2.45, 2.75) is 26.1 Å². The van der Waals surface area contributed by atoms with Gasteiger partial charge < -0.3 is 4.74 Å². The molecule has 0 radical (unpaired) electrons. The van der Waals surface area contributed by atoms with Crippen LogP contribution in [0.1, 0.15) is 13.8 Å². The Labute approximate surface area is 71.2 Å². The smallest absolute Gasteiger partial charge is 0.0851 e. The normalized spacial score (nSPS) is 21.6. The number of thiol groups is 1. The maximum absolute atomic E-state index is 5.53. The van der Waals surface area contributed by atoms with Crippen molar-refractivity contribution in [3.05, 3.63) is 0 Å². The molecule has 0 spiro atoms. The van der Waals surface area contributed by atoms with Gasteiger partial charge in [0.2, 0.25) is 0 Å². The highest BCUT2D eigenvalue weighted by atomic mass is 33.1. The fourth-order valence-electron chi connectivity index (χ4n) is 0.938. The zero-order valence-corrected chi connectivity index (χ0v) is 7.99. The molecule has 0 atom stereocenters. The van der Waals surface area contributed by atoms with Crippen LogP contribution < -0.4 is 0 Å². The molecule has 60 valence electrons. The summed E-state index contributed by atoms with van der Waals surface area (Å²) in [5, 5.41) is 0. The number of hydrogen-bond acceptors (Lipinski definition) is 4. The van der Waals surface area contributed by atoms with E-state index in [0.29, 0.717) is 12.2 Å². The highest BCUT2D eigenvalue weighted by Gasteiger charge is 2.27. The van der Waals surface area contributed by atoms with Gasteiger partial charge in [-0.3, -0.25) is 0 Å². The average Bonchev–Trinajstić information content (AvgIpc) is 1.76. The summed E-state index contributed by atoms with van der Waals surface area (Å²) in [5.41, 5.74) is 0. The summed E-state index contributed by atoms with van der Waals surface area (Å²) >= 11 is 4.07. The van der Waals surface area contributed by atoms with Crippen LogP contribution in [0.4, 0.5) is 0 Å². The van der Waals surface area contributed by atoms with E-state index in [2.05, 4.69) is 29.8 Å². The molecule has 0 N–H and O–H groups in total. The van der Waals surface area contributed by atoms with Gasteiger partial charge in [-0.25, -0.2) is 4.31 Å². The molecule has 0 aliphatic carbocycles. The summed E-state index contributed by atoms with van der Waals surface area (Å²) in [6, 6.07) is 0. The summed E-state index contributed by atoms with van der Waals surface area (Å²) in [5.74, 6) is 0. The highest BCUT2D eigenvalue weighted by Crippen LogP contribution is 2.24. The summed E-state index contributed by atoms with van der Waals surface area (Å²) in [4.78, 5) is 0. The lowest BCUT2D eigenvalue weighted by molar-refractivity contribution is -0.0484. The van der Waals surface area contributed by atoms with E-state index in [-0.39, 0.29) is 0 Å². The molecule has 0 unspecified atom stereocenters. The quantitative estimate of drug-likeness (QED) is 0.401. The first kappa shape index (κ1) is 8.71. The van der Waals surface area contributed by atoms with Crippen molar-refractivity contribution in [3.63, 3.8) is 0 Å². The van der Waals surface area contributed by atoms with E-state index in [1.165, 1.54) is 11.0 Å². The van der Waals surface area contributed by atoms with E-state index in [1.54, 1.807) is 0 Å². The van der Waals surface area contributed by atoms with Gasteiger partial charge in [-0.15, -0.1) is 0 Å². The summed E-state index contributed by atoms with van der Waals surface area (Å²) in [6.07, 6.45) is 0.803. The first-order valence-corrected chi connectivity index (χ1v) is 5.27. The lowest BCUT2D eigenvalue weighted by atomic mass is 10.2. The molecule has 0 amide bonds. The van der Waals surface area contributed by atoms with Gasteiger partial charge in [-0.1, -0.05) is 11.7 Å². The molecule has 1 saturated heterocycles. The summed E-state index contributed by atoms with van der Waals surface area (Å²) in [7, 11) is 1.49. The molecule has 10 heavy (non-hydrogen) atoms. The second-order valence-electron chi connectivity index (χ2n) is 2.74. The third kappa shape index (κ3) is 2.34. The summed E-state index contributed by atoms with van der Waals surface area (Å²) in [6.45, 7) is 6.17. The maximum Gasteiger partial charge on any atom is 0.0851 e. The van der Waals surface area contributed by atoms with Gasteiger partial charge in [0.15, 0.2) is 0 Å². The van der Waals surface area contributed by atoms with E-state index in [9.17, 15) is 0 Å². The Bertz CT molecular complexity index is 104. The van der Waals surface area contributed by atoms with Crippen LogP contribution in [0.25, 0.3) is 0 Å². The topological polar surface area (TPSA) is 12.5 Å². The minimum absolute atomic E-state index is 0.358. The SMILES string of the molecule is CC(C)OC1CN(SS)C1. The number of ether oxygens (including phenoxy) is 1. The molecule has 4 heteroatoms. The standard InChI is InChI=1S/C6H13NOS2/c1-5(2)8-6-3-7(4-6)10-9/h5-6,9H,3-4H2,1-2H3. The first-order valence-electron chi connectivity index (χ1n) is 3.44. The van der Waals surface area contributed by atoms with E-state index >= 15 is 0 Å². The minimum Gasteiger partial charge on any atom is -0.373 e. The molecule has 1 fully saturated rings. The van der Waals surface area contributed by atoms with E-state index in [0.717, 1.165) is 13.1 Å². The second kappa shape index (κ2) is 3.85. The van der Waals surface area contributed by atoms with E-state index in [1.807, 2.05) is 0 Å². The largest absolute Gasteiger partial charge is 0.373 e. The number of nitrogens with zero attached hydrogens (tertiary/aromatic N) is 1. The van der Waals surface area contributed by atoms with Gasteiger partial charge in [0, 0.05) is 13.1 Å². The molecule has 1 heterocycles. The van der Waals surface area contributed by atoms with Crippen molar-refractivity contribution < 1.29 is 4.74 Å². The highest BCUT2D eigenvalue weighted by molar-refractivity contribution is 8.67. The van der Waals surface area contributed by atoms with Crippen LogP contribution in [0.2, 0.25) is 0 Å². The number of hydrogen-bond donors (Lipinski definition) is 1. The molecule has 0 aromatic carbocycles. The van der Waals surface area contributed by atoms with E-state index in [4.69, 9.17) is 4.74 Å². The Hall–Kier alpha value is 0.620. The molecule has 2 nitrogen and oxygen atoms in total. The molecular formula is C6H13NOS2. The zero-order chi connectivity index (χ0) is 7.56. The van der Waals surface area contributed by atoms with Crippen molar-refractivity contribution in [2.75, 3.05) is 13.1 Å². The van der Waals surface area contributed by atoms with Crippen LogP contribution in [0, 0.1) is 0 Å². The molecule has 0 aromatic heterocycles. The van der Waals surface area contributed by atoms with Gasteiger partial charge in [-0.05, 0) is 24.8 Å². The first-order chi connectivity index (χ1) is 4.72. The third-order valence-corrected chi connectivity index (χ3v) is 2.62. The Balaban J connectivity index is 2.03.